The van der Waals surface area contributed by atoms with E-state index < -0.39 is 17.7 Å². The van der Waals surface area contributed by atoms with E-state index in [-0.39, 0.29) is 35.3 Å². The van der Waals surface area contributed by atoms with Gasteiger partial charge in [-0.25, -0.2) is 0 Å². The van der Waals surface area contributed by atoms with E-state index >= 15 is 0 Å². The van der Waals surface area contributed by atoms with Crippen LogP contribution >= 0.6 is 0 Å². The third-order valence-electron chi connectivity index (χ3n) is 5.41. The van der Waals surface area contributed by atoms with Gasteiger partial charge in [0.2, 0.25) is 0 Å². The summed E-state index contributed by atoms with van der Waals surface area (Å²) >= 11 is 0. The van der Waals surface area contributed by atoms with Gasteiger partial charge in [0.1, 0.15) is 23.0 Å². The SMILES string of the molecule is COc1ccc(/C(O)=C2/C(=O)C(=O)N(CCCOC(C)C)C2c2ccc(O)cc2)c(OC)c1. The van der Waals surface area contributed by atoms with Crippen LogP contribution in [0.15, 0.2) is 48.0 Å². The van der Waals surface area contributed by atoms with Gasteiger partial charge in [0, 0.05) is 19.2 Å². The van der Waals surface area contributed by atoms with Crippen molar-refractivity contribution in [2.75, 3.05) is 27.4 Å². The van der Waals surface area contributed by atoms with Gasteiger partial charge in [0.15, 0.2) is 0 Å². The molecule has 0 saturated carbocycles. The lowest BCUT2D eigenvalue weighted by Gasteiger charge is -2.25. The first-order valence-electron chi connectivity index (χ1n) is 10.7. The Kier molecular flexibility index (Phi) is 7.60. The van der Waals surface area contributed by atoms with Crippen molar-refractivity contribution < 1.29 is 34.0 Å². The number of carbonyl (C=O) groups is 2. The molecule has 1 aliphatic heterocycles. The van der Waals surface area contributed by atoms with Crippen molar-refractivity contribution in [3.8, 4) is 17.2 Å². The molecule has 0 spiro atoms. The van der Waals surface area contributed by atoms with Crippen molar-refractivity contribution in [1.29, 1.82) is 0 Å². The third kappa shape index (κ3) is 5.12. The van der Waals surface area contributed by atoms with Crippen molar-refractivity contribution in [3.05, 3.63) is 59.2 Å². The Bertz CT molecular complexity index is 1040. The molecule has 0 aromatic heterocycles. The van der Waals surface area contributed by atoms with E-state index in [1.165, 1.54) is 31.3 Å². The third-order valence-corrected chi connectivity index (χ3v) is 5.41. The van der Waals surface area contributed by atoms with E-state index in [9.17, 15) is 19.8 Å². The second-order valence-electron chi connectivity index (χ2n) is 7.92. The van der Waals surface area contributed by atoms with Crippen molar-refractivity contribution >= 4 is 17.4 Å². The molecule has 1 atom stereocenters. The van der Waals surface area contributed by atoms with Crippen LogP contribution in [-0.2, 0) is 14.3 Å². The summed E-state index contributed by atoms with van der Waals surface area (Å²) in [5.74, 6) is -0.957. The predicted molar refractivity (Wildman–Crippen MR) is 122 cm³/mol. The molecule has 1 fully saturated rings. The Morgan fingerprint density at radius 1 is 1.06 bits per heavy atom. The summed E-state index contributed by atoms with van der Waals surface area (Å²) in [7, 11) is 2.95. The highest BCUT2D eigenvalue weighted by molar-refractivity contribution is 6.46. The lowest BCUT2D eigenvalue weighted by Crippen LogP contribution is -2.31. The number of likely N-dealkylation sites (tertiary alicyclic amines) is 1. The Morgan fingerprint density at radius 3 is 2.36 bits per heavy atom. The molecule has 2 N–H and O–H groups in total. The molecule has 0 radical (unpaired) electrons. The number of Topliss-reactive ketones (excluding diaryl/α,β-unsaturated/α-hetero) is 1. The van der Waals surface area contributed by atoms with Crippen LogP contribution in [0.4, 0.5) is 0 Å². The van der Waals surface area contributed by atoms with E-state index in [0.717, 1.165) is 0 Å². The number of aromatic hydroxyl groups is 1. The maximum Gasteiger partial charge on any atom is 0.295 e. The quantitative estimate of drug-likeness (QED) is 0.257. The number of rotatable bonds is 9. The number of methoxy groups -OCH3 is 2. The van der Waals surface area contributed by atoms with Crippen molar-refractivity contribution in [3.63, 3.8) is 0 Å². The largest absolute Gasteiger partial charge is 0.508 e. The fourth-order valence-electron chi connectivity index (χ4n) is 3.81. The number of aliphatic hydroxyl groups is 1. The van der Waals surface area contributed by atoms with Gasteiger partial charge >= 0.3 is 0 Å². The molecule has 8 nitrogen and oxygen atoms in total. The zero-order valence-electron chi connectivity index (χ0n) is 19.2. The lowest BCUT2D eigenvalue weighted by atomic mass is 9.95. The van der Waals surface area contributed by atoms with Gasteiger partial charge in [-0.05, 0) is 50.1 Å². The molecule has 0 bridgehead atoms. The summed E-state index contributed by atoms with van der Waals surface area (Å²) in [4.78, 5) is 27.5. The summed E-state index contributed by atoms with van der Waals surface area (Å²) in [6, 6.07) is 10.2. The zero-order valence-corrected chi connectivity index (χ0v) is 19.2. The molecule has 1 amide bonds. The second kappa shape index (κ2) is 10.4. The van der Waals surface area contributed by atoms with Crippen LogP contribution in [0.3, 0.4) is 0 Å². The number of phenols is 1. The molecule has 2 aromatic carbocycles. The molecule has 8 heteroatoms. The van der Waals surface area contributed by atoms with E-state index in [4.69, 9.17) is 14.2 Å². The topological polar surface area (TPSA) is 106 Å². The van der Waals surface area contributed by atoms with E-state index in [1.807, 2.05) is 13.8 Å². The monoisotopic (exact) mass is 455 g/mol. The Morgan fingerprint density at radius 2 is 1.76 bits per heavy atom. The number of benzene rings is 2. The average molecular weight is 456 g/mol. The van der Waals surface area contributed by atoms with Gasteiger partial charge in [0.25, 0.3) is 11.7 Å². The molecule has 3 rings (SSSR count). The predicted octanol–water partition coefficient (Wildman–Crippen LogP) is 3.65. The van der Waals surface area contributed by atoms with Crippen LogP contribution in [-0.4, -0.2) is 60.3 Å². The minimum absolute atomic E-state index is 0.0427. The number of ketones is 1. The lowest BCUT2D eigenvalue weighted by molar-refractivity contribution is -0.140. The van der Waals surface area contributed by atoms with Gasteiger partial charge in [-0.3, -0.25) is 9.59 Å². The number of nitrogens with zero attached hydrogens (tertiary/aromatic N) is 1. The molecule has 2 aromatic rings. The van der Waals surface area contributed by atoms with Gasteiger partial charge in [-0.2, -0.15) is 0 Å². The summed E-state index contributed by atoms with van der Waals surface area (Å²) in [5.41, 5.74) is 0.813. The summed E-state index contributed by atoms with van der Waals surface area (Å²) in [6.07, 6.45) is 0.571. The van der Waals surface area contributed by atoms with E-state index in [2.05, 4.69) is 0 Å². The minimum Gasteiger partial charge on any atom is -0.508 e. The summed E-state index contributed by atoms with van der Waals surface area (Å²) in [5, 5.41) is 20.9. The maximum atomic E-state index is 13.1. The molecule has 176 valence electrons. The van der Waals surface area contributed by atoms with Crippen LogP contribution in [0.5, 0.6) is 17.2 Å². The van der Waals surface area contributed by atoms with Gasteiger partial charge in [0.05, 0.1) is 37.5 Å². The standard InChI is InChI=1S/C25H29NO7/c1-15(2)33-13-5-12-26-22(16-6-8-17(27)9-7-16)21(24(29)25(26)30)23(28)19-11-10-18(31-3)14-20(19)32-4/h6-11,14-15,22,27-28H,5,12-13H2,1-4H3/b23-21-. The van der Waals surface area contributed by atoms with Crippen LogP contribution in [0, 0.1) is 0 Å². The van der Waals surface area contributed by atoms with Crippen molar-refractivity contribution in [2.24, 2.45) is 0 Å². The van der Waals surface area contributed by atoms with Gasteiger partial charge in [-0.15, -0.1) is 0 Å². The smallest absolute Gasteiger partial charge is 0.295 e. The molecule has 1 aliphatic rings. The highest BCUT2D eigenvalue weighted by Crippen LogP contribution is 2.41. The number of hydrogen-bond acceptors (Lipinski definition) is 7. The fraction of sp³-hybridized carbons (Fsp3) is 0.360. The second-order valence-corrected chi connectivity index (χ2v) is 7.92. The fourth-order valence-corrected chi connectivity index (χ4v) is 3.81. The normalized spacial score (nSPS) is 17.6. The summed E-state index contributed by atoms with van der Waals surface area (Å²) < 4.78 is 16.2. The average Bonchev–Trinajstić information content (AvgIpc) is 3.06. The van der Waals surface area contributed by atoms with Crippen molar-refractivity contribution in [2.45, 2.75) is 32.4 Å². The molecular formula is C25H29NO7. The van der Waals surface area contributed by atoms with E-state index in [0.29, 0.717) is 30.1 Å². The zero-order chi connectivity index (χ0) is 24.1. The molecule has 1 heterocycles. The highest BCUT2D eigenvalue weighted by Gasteiger charge is 2.46. The minimum atomic E-state index is -0.823. The van der Waals surface area contributed by atoms with Gasteiger partial charge in [-0.1, -0.05) is 12.1 Å². The van der Waals surface area contributed by atoms with Crippen LogP contribution in [0.1, 0.15) is 37.4 Å². The molecule has 0 aliphatic carbocycles. The number of hydrogen-bond donors (Lipinski definition) is 2. The number of amides is 1. The first-order chi connectivity index (χ1) is 15.8. The van der Waals surface area contributed by atoms with E-state index in [1.54, 1.807) is 30.3 Å². The van der Waals surface area contributed by atoms with Crippen LogP contribution in [0.2, 0.25) is 0 Å². The summed E-state index contributed by atoms with van der Waals surface area (Å²) in [6.45, 7) is 4.53. The number of ether oxygens (including phenoxy) is 3. The molecule has 33 heavy (non-hydrogen) atoms. The molecular weight excluding hydrogens is 426 g/mol. The highest BCUT2D eigenvalue weighted by atomic mass is 16.5. The Labute approximate surface area is 193 Å². The van der Waals surface area contributed by atoms with Gasteiger partial charge < -0.3 is 29.3 Å². The first-order valence-corrected chi connectivity index (χ1v) is 10.7. The van der Waals surface area contributed by atoms with Crippen molar-refractivity contribution in [1.82, 2.24) is 4.90 Å². The number of aliphatic hydroxyl groups excluding tert-OH is 1. The van der Waals surface area contributed by atoms with Crippen LogP contribution < -0.4 is 9.47 Å². The maximum absolute atomic E-state index is 13.1. The Hall–Kier alpha value is -3.52. The first kappa shape index (κ1) is 24.1. The number of phenolic OH excluding ortho intramolecular Hbond substituents is 1. The Balaban J connectivity index is 2.08. The molecule has 1 unspecified atom stereocenters. The molecule has 1 saturated heterocycles. The van der Waals surface area contributed by atoms with Crippen LogP contribution in [0.25, 0.3) is 5.76 Å². The number of carbonyl (C=O) groups excluding carboxylic acids is 2.